The molecule has 0 saturated heterocycles. The second kappa shape index (κ2) is 17.6. The minimum absolute atomic E-state index is 0.0521. The number of hydrogen-bond donors (Lipinski definition) is 8. The van der Waals surface area contributed by atoms with Crippen molar-refractivity contribution >= 4 is 46.4 Å². The molecular formula is C34H43FN10O6. The smallest absolute Gasteiger partial charge is 0.247 e. The van der Waals surface area contributed by atoms with E-state index in [0.717, 1.165) is 10.9 Å². The molecule has 1 aliphatic rings. The van der Waals surface area contributed by atoms with Gasteiger partial charge in [0, 0.05) is 36.6 Å². The van der Waals surface area contributed by atoms with Crippen molar-refractivity contribution in [2.24, 2.45) is 27.9 Å². The number of nitrogens with zero attached hydrogens (tertiary/aromatic N) is 2. The van der Waals surface area contributed by atoms with Crippen LogP contribution in [0.5, 0.6) is 5.75 Å². The van der Waals surface area contributed by atoms with E-state index in [-0.39, 0.29) is 44.7 Å². The fraction of sp³-hybridized carbons (Fsp3) is 0.353. The molecule has 1 aromatic heterocycles. The number of aliphatic imine (C=N–C) groups is 1. The van der Waals surface area contributed by atoms with Gasteiger partial charge in [-0.15, -0.1) is 0 Å². The number of nitrogens with two attached hydrogens (primary N) is 4. The monoisotopic (exact) mass is 706 g/mol. The van der Waals surface area contributed by atoms with E-state index in [1.807, 2.05) is 12.1 Å². The maximum Gasteiger partial charge on any atom is 0.247 e. The van der Waals surface area contributed by atoms with Crippen molar-refractivity contribution in [2.75, 3.05) is 26.7 Å². The Bertz CT molecular complexity index is 1790. The van der Waals surface area contributed by atoms with E-state index in [1.54, 1.807) is 18.3 Å². The number of amides is 5. The van der Waals surface area contributed by atoms with Crippen molar-refractivity contribution in [3.05, 3.63) is 77.8 Å². The second-order valence-corrected chi connectivity index (χ2v) is 12.0. The lowest BCUT2D eigenvalue weighted by Crippen LogP contribution is -2.56. The van der Waals surface area contributed by atoms with Gasteiger partial charge < -0.3 is 53.5 Å². The molecule has 12 N–H and O–H groups in total. The van der Waals surface area contributed by atoms with Crippen LogP contribution in [-0.2, 0) is 36.8 Å². The number of benzene rings is 2. The molecule has 5 amide bonds. The zero-order valence-corrected chi connectivity index (χ0v) is 28.1. The molecule has 0 spiro atoms. The number of methoxy groups -OCH3 is 1. The Balaban J connectivity index is 1.38. The molecule has 51 heavy (non-hydrogen) atoms. The van der Waals surface area contributed by atoms with Gasteiger partial charge in [0.25, 0.3) is 0 Å². The molecule has 0 unspecified atom stereocenters. The van der Waals surface area contributed by atoms with E-state index < -0.39 is 66.1 Å². The molecule has 0 fully saturated rings. The zero-order chi connectivity index (χ0) is 37.1. The first-order valence-corrected chi connectivity index (χ1v) is 16.2. The Morgan fingerprint density at radius 1 is 1.04 bits per heavy atom. The number of hydrogen-bond acceptors (Lipinski definition) is 8. The third kappa shape index (κ3) is 10.3. The number of halogens is 1. The van der Waals surface area contributed by atoms with E-state index in [0.29, 0.717) is 16.9 Å². The van der Waals surface area contributed by atoms with E-state index in [4.69, 9.17) is 27.7 Å². The normalized spacial score (nSPS) is 15.4. The highest BCUT2D eigenvalue weighted by atomic mass is 19.1. The number of ether oxygens (including phenoxy) is 1. The fourth-order valence-corrected chi connectivity index (χ4v) is 5.71. The molecular weight excluding hydrogens is 663 g/mol. The SMILES string of the molecule is COc1cccc2[nH]cc(C[C@H](NC(=O)CNC(=O)[C@H](CCCN=C(N)N)NC(=O)[C@@H]3C=CCN3C(=O)[C@@H](N)Cc3ccc(F)cc3)C(N)=O)c12. The van der Waals surface area contributed by atoms with E-state index in [9.17, 15) is 28.4 Å². The fourth-order valence-electron chi connectivity index (χ4n) is 5.71. The third-order valence-electron chi connectivity index (χ3n) is 8.27. The minimum Gasteiger partial charge on any atom is -0.496 e. The first kappa shape index (κ1) is 37.8. The quantitative estimate of drug-likeness (QED) is 0.0363. The lowest BCUT2D eigenvalue weighted by Gasteiger charge is -2.28. The summed E-state index contributed by atoms with van der Waals surface area (Å²) in [4.78, 5) is 73.5. The molecule has 2 aromatic carbocycles. The predicted molar refractivity (Wildman–Crippen MR) is 187 cm³/mol. The van der Waals surface area contributed by atoms with Crippen molar-refractivity contribution in [2.45, 2.75) is 49.9 Å². The Kier molecular flexibility index (Phi) is 13.1. The minimum atomic E-state index is -1.15. The molecule has 4 rings (SSSR count). The van der Waals surface area contributed by atoms with Crippen LogP contribution in [0.3, 0.4) is 0 Å². The number of rotatable bonds is 17. The Morgan fingerprint density at radius 2 is 1.78 bits per heavy atom. The molecule has 272 valence electrons. The molecule has 0 radical (unpaired) electrons. The second-order valence-electron chi connectivity index (χ2n) is 12.0. The van der Waals surface area contributed by atoms with Gasteiger partial charge in [-0.05, 0) is 54.7 Å². The topological polar surface area (TPSA) is 266 Å². The number of aromatic amines is 1. The number of primary amides is 1. The number of guanidine groups is 1. The number of carbonyl (C=O) groups is 5. The van der Waals surface area contributed by atoms with Gasteiger partial charge in [-0.1, -0.05) is 30.4 Å². The highest BCUT2D eigenvalue weighted by molar-refractivity contribution is 5.96. The Hall–Kier alpha value is -5.97. The van der Waals surface area contributed by atoms with Crippen LogP contribution in [-0.4, -0.2) is 96.3 Å². The number of H-pyrrole nitrogens is 1. The van der Waals surface area contributed by atoms with Gasteiger partial charge in [0.15, 0.2) is 5.96 Å². The van der Waals surface area contributed by atoms with Crippen LogP contribution in [0.25, 0.3) is 10.9 Å². The van der Waals surface area contributed by atoms with Gasteiger partial charge >= 0.3 is 0 Å². The van der Waals surface area contributed by atoms with Gasteiger partial charge in [-0.25, -0.2) is 4.39 Å². The molecule has 17 heteroatoms. The summed E-state index contributed by atoms with van der Waals surface area (Å²) >= 11 is 0. The van der Waals surface area contributed by atoms with Crippen molar-refractivity contribution in [3.63, 3.8) is 0 Å². The standard InChI is InChI=1S/C34H43FN10O6/c1-51-27-8-2-5-23-29(27)20(17-41-23)16-25(30(37)47)43-28(46)18-42-31(48)24(6-3-13-40-34(38)39)44-32(49)26-7-4-14-45(26)33(50)22(36)15-19-9-11-21(35)12-10-19/h2,4-5,7-12,17,22,24-26,41H,3,6,13-16,18,36H2,1H3,(H2,37,47)(H,42,48)(H,43,46)(H,44,49)(H4,38,39,40)/t22-,24-,25-,26-/m0/s1. The van der Waals surface area contributed by atoms with Crippen molar-refractivity contribution in [1.29, 1.82) is 0 Å². The van der Waals surface area contributed by atoms with E-state index in [2.05, 4.69) is 25.9 Å². The number of aromatic nitrogens is 1. The molecule has 0 saturated carbocycles. The Morgan fingerprint density at radius 3 is 2.47 bits per heavy atom. The molecule has 0 bridgehead atoms. The molecule has 2 heterocycles. The van der Waals surface area contributed by atoms with Crippen LogP contribution in [0.2, 0.25) is 0 Å². The summed E-state index contributed by atoms with van der Waals surface area (Å²) in [5, 5.41) is 8.43. The lowest BCUT2D eigenvalue weighted by molar-refractivity contribution is -0.139. The number of fused-ring (bicyclic) bond motifs is 1. The highest BCUT2D eigenvalue weighted by Gasteiger charge is 2.35. The van der Waals surface area contributed by atoms with E-state index >= 15 is 0 Å². The van der Waals surface area contributed by atoms with E-state index in [1.165, 1.54) is 42.4 Å². The summed E-state index contributed by atoms with van der Waals surface area (Å²) in [6.07, 6.45) is 5.38. The molecule has 3 aromatic rings. The summed E-state index contributed by atoms with van der Waals surface area (Å²) in [5.41, 5.74) is 24.7. The van der Waals surface area contributed by atoms with Gasteiger partial charge in [-0.2, -0.15) is 0 Å². The largest absolute Gasteiger partial charge is 0.496 e. The number of nitrogens with one attached hydrogen (secondary N) is 4. The molecule has 0 aliphatic carbocycles. The molecule has 4 atom stereocenters. The van der Waals surface area contributed by atoms with Crippen molar-refractivity contribution < 1.29 is 33.1 Å². The first-order valence-electron chi connectivity index (χ1n) is 16.2. The summed E-state index contributed by atoms with van der Waals surface area (Å²) < 4.78 is 18.7. The van der Waals surface area contributed by atoms with Crippen molar-refractivity contribution in [3.8, 4) is 5.75 Å². The average molecular weight is 707 g/mol. The summed E-state index contributed by atoms with van der Waals surface area (Å²) in [5.74, 6) is -3.34. The molecule has 1 aliphatic heterocycles. The maximum absolute atomic E-state index is 13.5. The van der Waals surface area contributed by atoms with Gasteiger partial charge in [0.1, 0.15) is 29.7 Å². The van der Waals surface area contributed by atoms with Gasteiger partial charge in [0.05, 0.1) is 19.7 Å². The highest BCUT2D eigenvalue weighted by Crippen LogP contribution is 2.29. The maximum atomic E-state index is 13.5. The van der Waals surface area contributed by atoms with Crippen LogP contribution in [0.15, 0.2) is 65.8 Å². The van der Waals surface area contributed by atoms with Gasteiger partial charge in [-0.3, -0.25) is 29.0 Å². The van der Waals surface area contributed by atoms with Crippen LogP contribution >= 0.6 is 0 Å². The van der Waals surface area contributed by atoms with Crippen LogP contribution < -0.4 is 43.6 Å². The summed E-state index contributed by atoms with van der Waals surface area (Å²) in [6.45, 7) is -0.262. The van der Waals surface area contributed by atoms with Gasteiger partial charge in [0.2, 0.25) is 29.5 Å². The summed E-state index contributed by atoms with van der Waals surface area (Å²) in [6, 6.07) is 6.66. The zero-order valence-electron chi connectivity index (χ0n) is 28.1. The first-order chi connectivity index (χ1) is 24.4. The van der Waals surface area contributed by atoms with Crippen molar-refractivity contribution in [1.82, 2.24) is 25.8 Å². The lowest BCUT2D eigenvalue weighted by atomic mass is 10.0. The molecule has 16 nitrogen and oxygen atoms in total. The number of carbonyl (C=O) groups excluding carboxylic acids is 5. The Labute approximate surface area is 293 Å². The average Bonchev–Trinajstić information content (AvgIpc) is 3.76. The predicted octanol–water partition coefficient (Wildman–Crippen LogP) is -1.18. The third-order valence-corrected chi connectivity index (χ3v) is 8.27. The van der Waals surface area contributed by atoms with Crippen LogP contribution in [0, 0.1) is 5.82 Å². The van der Waals surface area contributed by atoms with Crippen LogP contribution in [0.1, 0.15) is 24.0 Å². The summed E-state index contributed by atoms with van der Waals surface area (Å²) in [7, 11) is 1.52. The van der Waals surface area contributed by atoms with Crippen LogP contribution in [0.4, 0.5) is 4.39 Å².